The van der Waals surface area contributed by atoms with Crippen molar-refractivity contribution in [3.8, 4) is 0 Å². The standard InChI is InChI=1S/C12H18N4S/c1-4-7(2)6-14-10-9-5-8(3)17-11(9)16-12(13)15-10/h5,7H,4,6H2,1-3H3,(H3,13,14,15,16). The van der Waals surface area contributed by atoms with Crippen LogP contribution in [-0.4, -0.2) is 16.5 Å². The third-order valence-corrected chi connectivity index (χ3v) is 3.79. The number of anilines is 2. The Bertz CT molecular complexity index is 520. The monoisotopic (exact) mass is 250 g/mol. The van der Waals surface area contributed by atoms with Crippen LogP contribution >= 0.6 is 11.3 Å². The van der Waals surface area contributed by atoms with Crippen molar-refractivity contribution in [3.63, 3.8) is 0 Å². The maximum Gasteiger partial charge on any atom is 0.223 e. The number of hydrogen-bond acceptors (Lipinski definition) is 5. The summed E-state index contributed by atoms with van der Waals surface area (Å²) in [5, 5.41) is 4.44. The summed E-state index contributed by atoms with van der Waals surface area (Å²) in [4.78, 5) is 10.7. The second-order valence-electron chi connectivity index (χ2n) is 4.40. The van der Waals surface area contributed by atoms with Gasteiger partial charge in [-0.3, -0.25) is 0 Å². The van der Waals surface area contributed by atoms with E-state index in [-0.39, 0.29) is 0 Å². The Kier molecular flexibility index (Phi) is 3.47. The van der Waals surface area contributed by atoms with Gasteiger partial charge in [-0.05, 0) is 18.9 Å². The van der Waals surface area contributed by atoms with Crippen LogP contribution < -0.4 is 11.1 Å². The van der Waals surface area contributed by atoms with Crippen LogP contribution in [0.15, 0.2) is 6.07 Å². The van der Waals surface area contributed by atoms with E-state index in [4.69, 9.17) is 5.73 Å². The van der Waals surface area contributed by atoms with Crippen molar-refractivity contribution in [2.24, 2.45) is 5.92 Å². The third-order valence-electron chi connectivity index (χ3n) is 2.85. The Morgan fingerprint density at radius 1 is 1.47 bits per heavy atom. The maximum absolute atomic E-state index is 5.72. The summed E-state index contributed by atoms with van der Waals surface area (Å²) in [5.41, 5.74) is 5.72. The summed E-state index contributed by atoms with van der Waals surface area (Å²) >= 11 is 1.65. The summed E-state index contributed by atoms with van der Waals surface area (Å²) in [7, 11) is 0. The van der Waals surface area contributed by atoms with Crippen LogP contribution in [-0.2, 0) is 0 Å². The Hall–Kier alpha value is -1.36. The summed E-state index contributed by atoms with van der Waals surface area (Å²) in [5.74, 6) is 1.82. The highest BCUT2D eigenvalue weighted by Gasteiger charge is 2.09. The summed E-state index contributed by atoms with van der Waals surface area (Å²) in [6.45, 7) is 7.39. The molecule has 0 aliphatic carbocycles. The zero-order valence-electron chi connectivity index (χ0n) is 10.4. The minimum Gasteiger partial charge on any atom is -0.369 e. The van der Waals surface area contributed by atoms with E-state index >= 15 is 0 Å². The second kappa shape index (κ2) is 4.87. The zero-order valence-corrected chi connectivity index (χ0v) is 11.3. The molecule has 3 N–H and O–H groups in total. The number of rotatable bonds is 4. The van der Waals surface area contributed by atoms with E-state index in [0.29, 0.717) is 11.9 Å². The molecule has 4 nitrogen and oxygen atoms in total. The van der Waals surface area contributed by atoms with Crippen molar-refractivity contribution < 1.29 is 0 Å². The minimum absolute atomic E-state index is 0.339. The Labute approximate surface area is 105 Å². The Morgan fingerprint density at radius 2 is 2.24 bits per heavy atom. The first-order chi connectivity index (χ1) is 8.10. The van der Waals surface area contributed by atoms with E-state index in [1.165, 1.54) is 4.88 Å². The number of fused-ring (bicyclic) bond motifs is 1. The lowest BCUT2D eigenvalue weighted by molar-refractivity contribution is 0.593. The highest BCUT2D eigenvalue weighted by Crippen LogP contribution is 2.29. The normalized spacial score (nSPS) is 12.9. The topological polar surface area (TPSA) is 63.8 Å². The first kappa shape index (κ1) is 12.1. The molecular weight excluding hydrogens is 232 g/mol. The number of nitrogen functional groups attached to an aromatic ring is 1. The van der Waals surface area contributed by atoms with Gasteiger partial charge in [0.25, 0.3) is 0 Å². The molecule has 2 rings (SSSR count). The summed E-state index contributed by atoms with van der Waals surface area (Å²) < 4.78 is 0. The first-order valence-electron chi connectivity index (χ1n) is 5.87. The highest BCUT2D eigenvalue weighted by atomic mass is 32.1. The molecule has 0 spiro atoms. The van der Waals surface area contributed by atoms with Crippen LogP contribution in [0.3, 0.4) is 0 Å². The molecule has 0 saturated heterocycles. The lowest BCUT2D eigenvalue weighted by Gasteiger charge is -2.11. The molecule has 1 atom stereocenters. The van der Waals surface area contributed by atoms with Crippen molar-refractivity contribution in [1.82, 2.24) is 9.97 Å². The van der Waals surface area contributed by atoms with Gasteiger partial charge < -0.3 is 11.1 Å². The number of thiophene rings is 1. The molecule has 0 amide bonds. The van der Waals surface area contributed by atoms with E-state index in [1.807, 2.05) is 0 Å². The maximum atomic E-state index is 5.72. The van der Waals surface area contributed by atoms with Gasteiger partial charge in [-0.2, -0.15) is 4.98 Å². The molecule has 0 radical (unpaired) electrons. The van der Waals surface area contributed by atoms with Gasteiger partial charge in [-0.25, -0.2) is 4.98 Å². The summed E-state index contributed by atoms with van der Waals surface area (Å²) in [6, 6.07) is 2.11. The molecule has 0 aromatic carbocycles. The fourth-order valence-corrected chi connectivity index (χ4v) is 2.49. The lowest BCUT2D eigenvalue weighted by Crippen LogP contribution is -2.12. The molecule has 5 heteroatoms. The zero-order chi connectivity index (χ0) is 12.4. The van der Waals surface area contributed by atoms with Crippen molar-refractivity contribution >= 4 is 33.3 Å². The van der Waals surface area contributed by atoms with Gasteiger partial charge in [0, 0.05) is 11.4 Å². The van der Waals surface area contributed by atoms with E-state index in [2.05, 4.69) is 42.1 Å². The number of nitrogens with two attached hydrogens (primary N) is 1. The van der Waals surface area contributed by atoms with Gasteiger partial charge in [-0.15, -0.1) is 11.3 Å². The second-order valence-corrected chi connectivity index (χ2v) is 5.64. The van der Waals surface area contributed by atoms with Crippen molar-refractivity contribution in [2.45, 2.75) is 27.2 Å². The van der Waals surface area contributed by atoms with E-state index < -0.39 is 0 Å². The largest absolute Gasteiger partial charge is 0.369 e. The molecule has 17 heavy (non-hydrogen) atoms. The van der Waals surface area contributed by atoms with E-state index in [0.717, 1.165) is 29.0 Å². The molecule has 1 unspecified atom stereocenters. The van der Waals surface area contributed by atoms with Gasteiger partial charge in [0.2, 0.25) is 5.95 Å². The fraction of sp³-hybridized carbons (Fsp3) is 0.500. The number of aryl methyl sites for hydroxylation is 1. The number of nitrogens with zero attached hydrogens (tertiary/aromatic N) is 2. The van der Waals surface area contributed by atoms with Gasteiger partial charge in [0.15, 0.2) is 0 Å². The summed E-state index contributed by atoms with van der Waals surface area (Å²) in [6.07, 6.45) is 1.15. The minimum atomic E-state index is 0.339. The van der Waals surface area contributed by atoms with Crippen molar-refractivity contribution in [2.75, 3.05) is 17.6 Å². The van der Waals surface area contributed by atoms with Crippen LogP contribution in [0.4, 0.5) is 11.8 Å². The van der Waals surface area contributed by atoms with Crippen LogP contribution in [0.25, 0.3) is 10.2 Å². The van der Waals surface area contributed by atoms with Crippen LogP contribution in [0.5, 0.6) is 0 Å². The highest BCUT2D eigenvalue weighted by molar-refractivity contribution is 7.18. The predicted octanol–water partition coefficient (Wildman–Crippen LogP) is 3.04. The fourth-order valence-electron chi connectivity index (χ4n) is 1.61. The van der Waals surface area contributed by atoms with E-state index in [9.17, 15) is 0 Å². The SMILES string of the molecule is CCC(C)CNc1nc(N)nc2sc(C)cc12. The van der Waals surface area contributed by atoms with Crippen molar-refractivity contribution in [1.29, 1.82) is 0 Å². The molecule has 0 fully saturated rings. The molecule has 92 valence electrons. The predicted molar refractivity (Wildman–Crippen MR) is 74.5 cm³/mol. The molecule has 0 aliphatic heterocycles. The van der Waals surface area contributed by atoms with Gasteiger partial charge in [-0.1, -0.05) is 20.3 Å². The van der Waals surface area contributed by atoms with E-state index in [1.54, 1.807) is 11.3 Å². The lowest BCUT2D eigenvalue weighted by atomic mass is 10.1. The number of hydrogen-bond donors (Lipinski definition) is 2. The third kappa shape index (κ3) is 2.66. The smallest absolute Gasteiger partial charge is 0.223 e. The average molecular weight is 250 g/mol. The Balaban J connectivity index is 2.31. The molecular formula is C12H18N4S. The molecule has 2 aromatic rings. The average Bonchev–Trinajstić information content (AvgIpc) is 2.65. The molecule has 0 saturated carbocycles. The van der Waals surface area contributed by atoms with Crippen LogP contribution in [0.2, 0.25) is 0 Å². The van der Waals surface area contributed by atoms with Gasteiger partial charge in [0.1, 0.15) is 10.6 Å². The Morgan fingerprint density at radius 3 is 2.94 bits per heavy atom. The van der Waals surface area contributed by atoms with Gasteiger partial charge >= 0.3 is 0 Å². The number of aromatic nitrogens is 2. The molecule has 2 aromatic heterocycles. The number of nitrogens with one attached hydrogen (secondary N) is 1. The molecule has 0 bridgehead atoms. The molecule has 2 heterocycles. The quantitative estimate of drug-likeness (QED) is 0.875. The first-order valence-corrected chi connectivity index (χ1v) is 6.69. The van der Waals surface area contributed by atoms with Crippen LogP contribution in [0.1, 0.15) is 25.1 Å². The van der Waals surface area contributed by atoms with Gasteiger partial charge in [0.05, 0.1) is 5.39 Å². The van der Waals surface area contributed by atoms with Crippen molar-refractivity contribution in [3.05, 3.63) is 10.9 Å². The van der Waals surface area contributed by atoms with Crippen LogP contribution in [0, 0.1) is 12.8 Å². The molecule has 0 aliphatic rings.